The highest BCUT2D eigenvalue weighted by molar-refractivity contribution is 5.76. The minimum Gasteiger partial charge on any atom is -0.336 e. The van der Waals surface area contributed by atoms with Crippen molar-refractivity contribution in [3.8, 4) is 0 Å². The second-order valence-electron chi connectivity index (χ2n) is 2.66. The van der Waals surface area contributed by atoms with E-state index in [0.29, 0.717) is 6.54 Å². The molecule has 0 bridgehead atoms. The SMILES string of the molecule is CC(N)CN1CCNC1=O. The smallest absolute Gasteiger partial charge is 0.317 e. The molecule has 1 heterocycles. The summed E-state index contributed by atoms with van der Waals surface area (Å²) in [5.41, 5.74) is 5.51. The van der Waals surface area contributed by atoms with Crippen molar-refractivity contribution in [1.82, 2.24) is 10.2 Å². The molecule has 1 aliphatic heterocycles. The summed E-state index contributed by atoms with van der Waals surface area (Å²) in [4.78, 5) is 12.6. The van der Waals surface area contributed by atoms with Crippen LogP contribution in [0.3, 0.4) is 0 Å². The molecule has 0 aliphatic carbocycles. The fraction of sp³-hybridized carbons (Fsp3) is 0.833. The number of rotatable bonds is 2. The Morgan fingerprint density at radius 1 is 1.90 bits per heavy atom. The van der Waals surface area contributed by atoms with Crippen molar-refractivity contribution in [3.05, 3.63) is 0 Å². The van der Waals surface area contributed by atoms with Crippen molar-refractivity contribution in [1.29, 1.82) is 0 Å². The van der Waals surface area contributed by atoms with Gasteiger partial charge in [0.15, 0.2) is 0 Å². The fourth-order valence-electron chi connectivity index (χ4n) is 1.03. The second kappa shape index (κ2) is 2.88. The van der Waals surface area contributed by atoms with Gasteiger partial charge in [0.05, 0.1) is 0 Å². The Morgan fingerprint density at radius 2 is 2.60 bits per heavy atom. The quantitative estimate of drug-likeness (QED) is 0.540. The van der Waals surface area contributed by atoms with Crippen LogP contribution in [0.5, 0.6) is 0 Å². The first-order valence-electron chi connectivity index (χ1n) is 3.48. The van der Waals surface area contributed by atoms with Gasteiger partial charge in [0, 0.05) is 25.7 Å². The van der Waals surface area contributed by atoms with Gasteiger partial charge in [-0.05, 0) is 6.92 Å². The van der Waals surface area contributed by atoms with Gasteiger partial charge in [-0.25, -0.2) is 4.79 Å². The van der Waals surface area contributed by atoms with E-state index in [1.807, 2.05) is 6.92 Å². The van der Waals surface area contributed by atoms with Crippen LogP contribution in [0.15, 0.2) is 0 Å². The molecule has 0 radical (unpaired) electrons. The van der Waals surface area contributed by atoms with Crippen LogP contribution in [-0.2, 0) is 0 Å². The topological polar surface area (TPSA) is 58.4 Å². The van der Waals surface area contributed by atoms with E-state index in [9.17, 15) is 4.79 Å². The highest BCUT2D eigenvalue weighted by Crippen LogP contribution is 1.96. The summed E-state index contributed by atoms with van der Waals surface area (Å²) in [5.74, 6) is 0. The lowest BCUT2D eigenvalue weighted by Gasteiger charge is -2.15. The number of hydrogen-bond donors (Lipinski definition) is 2. The van der Waals surface area contributed by atoms with Crippen LogP contribution in [0, 0.1) is 0 Å². The molecule has 10 heavy (non-hydrogen) atoms. The van der Waals surface area contributed by atoms with Gasteiger partial charge in [-0.1, -0.05) is 0 Å². The monoisotopic (exact) mass is 143 g/mol. The van der Waals surface area contributed by atoms with Crippen LogP contribution < -0.4 is 11.1 Å². The van der Waals surface area contributed by atoms with Gasteiger partial charge >= 0.3 is 6.03 Å². The maximum absolute atomic E-state index is 10.9. The van der Waals surface area contributed by atoms with Crippen LogP contribution in [0.25, 0.3) is 0 Å². The van der Waals surface area contributed by atoms with E-state index in [4.69, 9.17) is 5.73 Å². The molecular formula is C6H13N3O. The molecule has 2 amide bonds. The first-order chi connectivity index (χ1) is 4.70. The maximum Gasteiger partial charge on any atom is 0.317 e. The Bertz CT molecular complexity index is 135. The lowest BCUT2D eigenvalue weighted by atomic mass is 10.3. The molecule has 1 saturated heterocycles. The molecule has 1 atom stereocenters. The van der Waals surface area contributed by atoms with Crippen LogP contribution in [-0.4, -0.2) is 36.6 Å². The van der Waals surface area contributed by atoms with Gasteiger partial charge in [0.25, 0.3) is 0 Å². The zero-order valence-electron chi connectivity index (χ0n) is 6.13. The summed E-state index contributed by atoms with van der Waals surface area (Å²) in [6.45, 7) is 4.10. The third-order valence-corrected chi connectivity index (χ3v) is 1.45. The number of carbonyl (C=O) groups is 1. The van der Waals surface area contributed by atoms with Crippen LogP contribution in [0.2, 0.25) is 0 Å². The molecule has 0 saturated carbocycles. The maximum atomic E-state index is 10.9. The molecule has 3 N–H and O–H groups in total. The molecule has 0 aromatic carbocycles. The molecule has 1 fully saturated rings. The normalized spacial score (nSPS) is 21.0. The molecule has 0 aromatic rings. The zero-order chi connectivity index (χ0) is 7.56. The van der Waals surface area contributed by atoms with Crippen LogP contribution >= 0.6 is 0 Å². The predicted octanol–water partition coefficient (Wildman–Crippen LogP) is -0.641. The molecule has 1 rings (SSSR count). The molecule has 4 nitrogen and oxygen atoms in total. The number of amides is 2. The fourth-order valence-corrected chi connectivity index (χ4v) is 1.03. The predicted molar refractivity (Wildman–Crippen MR) is 38.6 cm³/mol. The summed E-state index contributed by atoms with van der Waals surface area (Å²) in [7, 11) is 0. The summed E-state index contributed by atoms with van der Waals surface area (Å²) in [6.07, 6.45) is 0. The Kier molecular flexibility index (Phi) is 2.11. The summed E-state index contributed by atoms with van der Waals surface area (Å²) >= 11 is 0. The van der Waals surface area contributed by atoms with Crippen molar-refractivity contribution >= 4 is 6.03 Å². The summed E-state index contributed by atoms with van der Waals surface area (Å²) in [6, 6.07) is 0.0844. The molecule has 58 valence electrons. The third-order valence-electron chi connectivity index (χ3n) is 1.45. The second-order valence-corrected chi connectivity index (χ2v) is 2.66. The Hall–Kier alpha value is -0.770. The number of carbonyl (C=O) groups excluding carboxylic acids is 1. The number of nitrogens with two attached hydrogens (primary N) is 1. The Morgan fingerprint density at radius 3 is 3.00 bits per heavy atom. The van der Waals surface area contributed by atoms with E-state index in [1.54, 1.807) is 4.90 Å². The number of urea groups is 1. The number of nitrogens with zero attached hydrogens (tertiary/aromatic N) is 1. The lowest BCUT2D eigenvalue weighted by molar-refractivity contribution is 0.215. The number of nitrogens with one attached hydrogen (secondary N) is 1. The largest absolute Gasteiger partial charge is 0.336 e. The molecule has 4 heteroatoms. The van der Waals surface area contributed by atoms with E-state index in [-0.39, 0.29) is 12.1 Å². The van der Waals surface area contributed by atoms with Crippen molar-refractivity contribution in [2.24, 2.45) is 5.73 Å². The average molecular weight is 143 g/mol. The van der Waals surface area contributed by atoms with Gasteiger partial charge in [0.1, 0.15) is 0 Å². The van der Waals surface area contributed by atoms with Crippen LogP contribution in [0.4, 0.5) is 4.79 Å². The van der Waals surface area contributed by atoms with Gasteiger partial charge < -0.3 is 16.0 Å². The Balaban J connectivity index is 2.33. The average Bonchev–Trinajstić information content (AvgIpc) is 2.15. The van der Waals surface area contributed by atoms with E-state index in [2.05, 4.69) is 5.32 Å². The van der Waals surface area contributed by atoms with E-state index < -0.39 is 0 Å². The highest BCUT2D eigenvalue weighted by atomic mass is 16.2. The van der Waals surface area contributed by atoms with Crippen molar-refractivity contribution in [2.45, 2.75) is 13.0 Å². The standard InChI is InChI=1S/C6H13N3O/c1-5(7)4-9-3-2-8-6(9)10/h5H,2-4,7H2,1H3,(H,8,10). The summed E-state index contributed by atoms with van der Waals surface area (Å²) in [5, 5.41) is 2.71. The minimum atomic E-state index is 0.0114. The molecule has 0 aromatic heterocycles. The Labute approximate surface area is 60.4 Å². The van der Waals surface area contributed by atoms with Crippen molar-refractivity contribution in [2.75, 3.05) is 19.6 Å². The van der Waals surface area contributed by atoms with Crippen molar-refractivity contribution in [3.63, 3.8) is 0 Å². The molecule has 0 spiro atoms. The van der Waals surface area contributed by atoms with Gasteiger partial charge in [-0.15, -0.1) is 0 Å². The molecule has 1 aliphatic rings. The van der Waals surface area contributed by atoms with E-state index in [1.165, 1.54) is 0 Å². The lowest BCUT2D eigenvalue weighted by Crippen LogP contribution is -2.37. The number of hydrogen-bond acceptors (Lipinski definition) is 2. The minimum absolute atomic E-state index is 0.0114. The third kappa shape index (κ3) is 1.60. The van der Waals surface area contributed by atoms with Crippen molar-refractivity contribution < 1.29 is 4.79 Å². The van der Waals surface area contributed by atoms with E-state index >= 15 is 0 Å². The first-order valence-corrected chi connectivity index (χ1v) is 3.48. The van der Waals surface area contributed by atoms with Gasteiger partial charge in [-0.3, -0.25) is 0 Å². The molecule has 1 unspecified atom stereocenters. The van der Waals surface area contributed by atoms with Gasteiger partial charge in [0.2, 0.25) is 0 Å². The van der Waals surface area contributed by atoms with E-state index in [0.717, 1.165) is 13.1 Å². The first kappa shape index (κ1) is 7.34. The molecular weight excluding hydrogens is 130 g/mol. The summed E-state index contributed by atoms with van der Waals surface area (Å²) < 4.78 is 0. The zero-order valence-corrected chi connectivity index (χ0v) is 6.13. The van der Waals surface area contributed by atoms with Gasteiger partial charge in [-0.2, -0.15) is 0 Å². The highest BCUT2D eigenvalue weighted by Gasteiger charge is 2.19. The van der Waals surface area contributed by atoms with Crippen LogP contribution in [0.1, 0.15) is 6.92 Å².